The highest BCUT2D eigenvalue weighted by atomic mass is 79.9. The van der Waals surface area contributed by atoms with E-state index in [2.05, 4.69) is 21.2 Å². The number of ether oxygens (including phenoxy) is 1. The van der Waals surface area contributed by atoms with Crippen LogP contribution >= 0.6 is 15.9 Å². The third kappa shape index (κ3) is 3.99. The van der Waals surface area contributed by atoms with E-state index in [4.69, 9.17) is 4.74 Å². The number of carbonyl (C=O) groups excluding carboxylic acids is 1. The van der Waals surface area contributed by atoms with Crippen molar-refractivity contribution in [2.24, 2.45) is 0 Å². The van der Waals surface area contributed by atoms with Crippen molar-refractivity contribution < 1.29 is 22.7 Å². The molecule has 0 aliphatic heterocycles. The van der Waals surface area contributed by atoms with Crippen molar-refractivity contribution in [2.45, 2.75) is 6.18 Å². The van der Waals surface area contributed by atoms with Crippen molar-refractivity contribution in [1.82, 2.24) is 5.32 Å². The Labute approximate surface area is 110 Å². The van der Waals surface area contributed by atoms with E-state index in [1.165, 1.54) is 13.2 Å². The Morgan fingerprint density at radius 3 is 2.67 bits per heavy atom. The Bertz CT molecular complexity index is 435. The lowest BCUT2D eigenvalue weighted by Gasteiger charge is -2.13. The Hall–Kier alpha value is -1.08. The van der Waals surface area contributed by atoms with Gasteiger partial charge in [-0.15, -0.1) is 0 Å². The molecule has 18 heavy (non-hydrogen) atoms. The van der Waals surface area contributed by atoms with Crippen LogP contribution in [0.25, 0.3) is 0 Å². The van der Waals surface area contributed by atoms with Gasteiger partial charge in [-0.25, -0.2) is 0 Å². The van der Waals surface area contributed by atoms with E-state index in [-0.39, 0.29) is 17.6 Å². The minimum absolute atomic E-state index is 0.155. The highest BCUT2D eigenvalue weighted by molar-refractivity contribution is 9.10. The molecule has 1 aromatic carbocycles. The zero-order valence-corrected chi connectivity index (χ0v) is 11.1. The summed E-state index contributed by atoms with van der Waals surface area (Å²) >= 11 is 2.95. The molecule has 1 rings (SSSR count). The van der Waals surface area contributed by atoms with Gasteiger partial charge in [0.15, 0.2) is 0 Å². The second-order valence-electron chi connectivity index (χ2n) is 3.44. The SMILES string of the molecule is COCCNC(=O)c1ccc(Br)cc1C(F)(F)F. The minimum atomic E-state index is -4.57. The molecule has 0 atom stereocenters. The fraction of sp³-hybridized carbons (Fsp3) is 0.364. The number of alkyl halides is 3. The maximum absolute atomic E-state index is 12.8. The maximum atomic E-state index is 12.8. The average molecular weight is 326 g/mol. The summed E-state index contributed by atoms with van der Waals surface area (Å²) in [6, 6.07) is 3.40. The maximum Gasteiger partial charge on any atom is 0.417 e. The van der Waals surface area contributed by atoms with Gasteiger partial charge in [-0.05, 0) is 18.2 Å². The van der Waals surface area contributed by atoms with Gasteiger partial charge in [0.05, 0.1) is 17.7 Å². The van der Waals surface area contributed by atoms with E-state index in [1.54, 1.807) is 0 Å². The molecule has 0 heterocycles. The smallest absolute Gasteiger partial charge is 0.383 e. The summed E-state index contributed by atoms with van der Waals surface area (Å²) in [6.45, 7) is 0.395. The molecule has 1 N–H and O–H groups in total. The van der Waals surface area contributed by atoms with Crippen molar-refractivity contribution in [3.8, 4) is 0 Å². The van der Waals surface area contributed by atoms with Crippen molar-refractivity contribution in [3.63, 3.8) is 0 Å². The molecule has 0 aromatic heterocycles. The third-order valence-electron chi connectivity index (χ3n) is 2.12. The molecule has 0 saturated carbocycles. The van der Waals surface area contributed by atoms with Crippen LogP contribution in [0, 0.1) is 0 Å². The van der Waals surface area contributed by atoms with Crippen molar-refractivity contribution in [3.05, 3.63) is 33.8 Å². The van der Waals surface area contributed by atoms with Crippen LogP contribution in [-0.2, 0) is 10.9 Å². The van der Waals surface area contributed by atoms with Crippen LogP contribution in [0.15, 0.2) is 22.7 Å². The Kier molecular flexibility index (Phi) is 5.15. The predicted octanol–water partition coefficient (Wildman–Crippen LogP) is 2.84. The second kappa shape index (κ2) is 6.19. The summed E-state index contributed by atoms with van der Waals surface area (Å²) < 4.78 is 43.2. The summed E-state index contributed by atoms with van der Waals surface area (Å²) in [4.78, 5) is 11.6. The number of nitrogens with one attached hydrogen (secondary N) is 1. The molecular formula is C11H11BrF3NO2. The third-order valence-corrected chi connectivity index (χ3v) is 2.62. The monoisotopic (exact) mass is 325 g/mol. The van der Waals surface area contributed by atoms with Gasteiger partial charge in [0, 0.05) is 18.1 Å². The summed E-state index contributed by atoms with van der Waals surface area (Å²) in [6.07, 6.45) is -4.57. The lowest BCUT2D eigenvalue weighted by atomic mass is 10.1. The fourth-order valence-corrected chi connectivity index (χ4v) is 1.67. The summed E-state index contributed by atoms with van der Waals surface area (Å²) in [5.41, 5.74) is -1.37. The van der Waals surface area contributed by atoms with Crippen molar-refractivity contribution in [2.75, 3.05) is 20.3 Å². The van der Waals surface area contributed by atoms with Gasteiger partial charge in [-0.2, -0.15) is 13.2 Å². The zero-order chi connectivity index (χ0) is 13.8. The number of hydrogen-bond donors (Lipinski definition) is 1. The molecular weight excluding hydrogens is 315 g/mol. The summed E-state index contributed by atoms with van der Waals surface area (Å²) in [5, 5.41) is 2.35. The number of methoxy groups -OCH3 is 1. The van der Waals surface area contributed by atoms with Crippen LogP contribution < -0.4 is 5.32 Å². The standard InChI is InChI=1S/C11H11BrF3NO2/c1-18-5-4-16-10(17)8-3-2-7(12)6-9(8)11(13,14)15/h2-3,6H,4-5H2,1H3,(H,16,17). The number of hydrogen-bond acceptors (Lipinski definition) is 2. The van der Waals surface area contributed by atoms with E-state index >= 15 is 0 Å². The Balaban J connectivity index is 2.97. The molecule has 0 unspecified atom stereocenters. The van der Waals surface area contributed by atoms with Gasteiger partial charge < -0.3 is 10.1 Å². The van der Waals surface area contributed by atoms with Crippen LogP contribution in [0.2, 0.25) is 0 Å². The lowest BCUT2D eigenvalue weighted by molar-refractivity contribution is -0.138. The molecule has 0 saturated heterocycles. The number of benzene rings is 1. The predicted molar refractivity (Wildman–Crippen MR) is 63.4 cm³/mol. The van der Waals surface area contributed by atoms with Gasteiger partial charge in [0.1, 0.15) is 0 Å². The quantitative estimate of drug-likeness (QED) is 0.864. The Morgan fingerprint density at radius 1 is 1.44 bits per heavy atom. The van der Waals surface area contributed by atoms with Gasteiger partial charge in [0.25, 0.3) is 5.91 Å². The molecule has 0 fully saturated rings. The molecule has 3 nitrogen and oxygen atoms in total. The number of amides is 1. The molecule has 1 amide bonds. The van der Waals surface area contributed by atoms with E-state index < -0.39 is 23.2 Å². The molecule has 0 spiro atoms. The molecule has 7 heteroatoms. The van der Waals surface area contributed by atoms with E-state index in [0.29, 0.717) is 0 Å². The van der Waals surface area contributed by atoms with Gasteiger partial charge in [-0.1, -0.05) is 15.9 Å². The molecule has 100 valence electrons. The molecule has 1 aromatic rings. The first-order valence-electron chi connectivity index (χ1n) is 5.00. The number of rotatable bonds is 4. The van der Waals surface area contributed by atoms with Crippen LogP contribution in [0.3, 0.4) is 0 Å². The zero-order valence-electron chi connectivity index (χ0n) is 9.47. The van der Waals surface area contributed by atoms with Gasteiger partial charge in [0.2, 0.25) is 0 Å². The highest BCUT2D eigenvalue weighted by Gasteiger charge is 2.35. The normalized spacial score (nSPS) is 11.4. The first-order chi connectivity index (χ1) is 8.36. The molecule has 0 aliphatic carbocycles. The first-order valence-corrected chi connectivity index (χ1v) is 5.79. The summed E-state index contributed by atoms with van der Waals surface area (Å²) in [7, 11) is 1.44. The van der Waals surface area contributed by atoms with Crippen LogP contribution in [0.4, 0.5) is 13.2 Å². The molecule has 0 radical (unpaired) electrons. The molecule has 0 aliphatic rings. The second-order valence-corrected chi connectivity index (χ2v) is 4.35. The van der Waals surface area contributed by atoms with Crippen molar-refractivity contribution >= 4 is 21.8 Å². The molecule has 0 bridgehead atoms. The minimum Gasteiger partial charge on any atom is -0.383 e. The first kappa shape index (κ1) is 15.0. The fourth-order valence-electron chi connectivity index (χ4n) is 1.31. The van der Waals surface area contributed by atoms with E-state index in [1.807, 2.05) is 0 Å². The van der Waals surface area contributed by atoms with Crippen LogP contribution in [0.5, 0.6) is 0 Å². The number of carbonyl (C=O) groups is 1. The van der Waals surface area contributed by atoms with E-state index in [0.717, 1.165) is 12.1 Å². The lowest BCUT2D eigenvalue weighted by Crippen LogP contribution is -2.29. The van der Waals surface area contributed by atoms with E-state index in [9.17, 15) is 18.0 Å². The summed E-state index contributed by atoms with van der Waals surface area (Å²) in [5.74, 6) is -0.771. The highest BCUT2D eigenvalue weighted by Crippen LogP contribution is 2.33. The Morgan fingerprint density at radius 2 is 2.11 bits per heavy atom. The average Bonchev–Trinajstić information content (AvgIpc) is 2.28. The largest absolute Gasteiger partial charge is 0.417 e. The van der Waals surface area contributed by atoms with Crippen LogP contribution in [-0.4, -0.2) is 26.2 Å². The van der Waals surface area contributed by atoms with Gasteiger partial charge in [-0.3, -0.25) is 4.79 Å². The topological polar surface area (TPSA) is 38.3 Å². The van der Waals surface area contributed by atoms with Gasteiger partial charge >= 0.3 is 6.18 Å². The van der Waals surface area contributed by atoms with Crippen LogP contribution in [0.1, 0.15) is 15.9 Å². The number of halogens is 4. The van der Waals surface area contributed by atoms with Crippen molar-refractivity contribution in [1.29, 1.82) is 0 Å².